The molecule has 7 nitrogen and oxygen atoms in total. The summed E-state index contributed by atoms with van der Waals surface area (Å²) in [4.78, 5) is 34.6. The van der Waals surface area contributed by atoms with Crippen molar-refractivity contribution >= 4 is 40.4 Å². The molecule has 2 amide bonds. The maximum absolute atomic E-state index is 12.9. The van der Waals surface area contributed by atoms with E-state index in [1.807, 2.05) is 24.8 Å². The Morgan fingerprint density at radius 2 is 2.09 bits per heavy atom. The van der Waals surface area contributed by atoms with E-state index < -0.39 is 0 Å². The van der Waals surface area contributed by atoms with Gasteiger partial charge in [-0.3, -0.25) is 14.5 Å². The average Bonchev–Trinajstić information content (AvgIpc) is 3.23. The Bertz CT molecular complexity index is 1020. The van der Waals surface area contributed by atoms with E-state index in [0.717, 1.165) is 48.5 Å². The van der Waals surface area contributed by atoms with Gasteiger partial charge in [-0.25, -0.2) is 4.98 Å². The van der Waals surface area contributed by atoms with Crippen LogP contribution in [0.15, 0.2) is 18.3 Å². The van der Waals surface area contributed by atoms with Crippen molar-refractivity contribution < 1.29 is 14.3 Å². The molecule has 1 N–H and O–H groups in total. The molecule has 2 saturated heterocycles. The molecule has 178 valence electrons. The van der Waals surface area contributed by atoms with Gasteiger partial charge in [0.25, 0.3) is 11.8 Å². The van der Waals surface area contributed by atoms with E-state index in [1.54, 1.807) is 12.3 Å². The van der Waals surface area contributed by atoms with E-state index in [9.17, 15) is 9.59 Å². The smallest absolute Gasteiger partial charge is 0.267 e. The summed E-state index contributed by atoms with van der Waals surface area (Å²) in [7, 11) is 0. The third-order valence-corrected chi connectivity index (χ3v) is 7.55. The second kappa shape index (κ2) is 10.5. The van der Waals surface area contributed by atoms with Gasteiger partial charge in [-0.15, -0.1) is 11.3 Å². The van der Waals surface area contributed by atoms with Gasteiger partial charge in [0.05, 0.1) is 11.2 Å². The molecular formula is C24H31ClN4O3S. The summed E-state index contributed by atoms with van der Waals surface area (Å²) in [5.74, 6) is -0.0494. The number of hydrogen-bond acceptors (Lipinski definition) is 6. The average molecular weight is 491 g/mol. The quantitative estimate of drug-likeness (QED) is 0.677. The number of halogens is 1. The number of aryl methyl sites for hydroxylation is 1. The van der Waals surface area contributed by atoms with Crippen molar-refractivity contribution in [2.75, 3.05) is 31.6 Å². The molecule has 2 aromatic rings. The molecule has 0 bridgehead atoms. The van der Waals surface area contributed by atoms with Gasteiger partial charge < -0.3 is 15.0 Å². The summed E-state index contributed by atoms with van der Waals surface area (Å²) in [5.41, 5.74) is 2.78. The zero-order valence-corrected chi connectivity index (χ0v) is 21.0. The predicted molar refractivity (Wildman–Crippen MR) is 131 cm³/mol. The molecule has 2 fully saturated rings. The van der Waals surface area contributed by atoms with Crippen LogP contribution in [0.4, 0.5) is 5.69 Å². The van der Waals surface area contributed by atoms with E-state index >= 15 is 0 Å². The molecule has 2 aliphatic heterocycles. The molecule has 0 unspecified atom stereocenters. The molecule has 0 saturated carbocycles. The highest BCUT2D eigenvalue weighted by Crippen LogP contribution is 2.28. The van der Waals surface area contributed by atoms with E-state index in [-0.39, 0.29) is 24.0 Å². The van der Waals surface area contributed by atoms with Crippen molar-refractivity contribution in [2.45, 2.75) is 58.7 Å². The zero-order chi connectivity index (χ0) is 23.5. The maximum Gasteiger partial charge on any atom is 0.267 e. The number of thiazole rings is 1. The van der Waals surface area contributed by atoms with Gasteiger partial charge in [0.1, 0.15) is 11.0 Å². The van der Waals surface area contributed by atoms with Crippen LogP contribution in [0, 0.1) is 13.8 Å². The molecule has 1 aromatic heterocycles. The largest absolute Gasteiger partial charge is 0.368 e. The lowest BCUT2D eigenvalue weighted by Gasteiger charge is -2.41. The van der Waals surface area contributed by atoms with E-state index in [4.69, 9.17) is 16.3 Å². The van der Waals surface area contributed by atoms with Crippen molar-refractivity contribution in [1.82, 2.24) is 14.8 Å². The Kier molecular flexibility index (Phi) is 7.69. The molecule has 4 rings (SSSR count). The second-order valence-electron chi connectivity index (χ2n) is 8.91. The maximum atomic E-state index is 12.9. The summed E-state index contributed by atoms with van der Waals surface area (Å²) in [6.07, 6.45) is 4.23. The van der Waals surface area contributed by atoms with Gasteiger partial charge in [0.2, 0.25) is 0 Å². The number of rotatable bonds is 5. The fourth-order valence-corrected chi connectivity index (χ4v) is 5.46. The minimum Gasteiger partial charge on any atom is -0.368 e. The number of anilines is 1. The summed E-state index contributed by atoms with van der Waals surface area (Å²) in [5, 5.41) is 4.43. The van der Waals surface area contributed by atoms with Gasteiger partial charge in [-0.2, -0.15) is 0 Å². The van der Waals surface area contributed by atoms with Gasteiger partial charge >= 0.3 is 0 Å². The molecule has 2 atom stereocenters. The first-order valence-electron chi connectivity index (χ1n) is 11.5. The fourth-order valence-electron chi connectivity index (χ4n) is 4.55. The first-order chi connectivity index (χ1) is 15.8. The first-order valence-corrected chi connectivity index (χ1v) is 12.7. The highest BCUT2D eigenvalue weighted by atomic mass is 35.5. The number of ether oxygens (including phenoxy) is 1. The Labute approximate surface area is 204 Å². The highest BCUT2D eigenvalue weighted by molar-refractivity contribution is 7.13. The minimum absolute atomic E-state index is 0.116. The van der Waals surface area contributed by atoms with E-state index in [0.29, 0.717) is 35.3 Å². The van der Waals surface area contributed by atoms with Gasteiger partial charge in [0.15, 0.2) is 0 Å². The van der Waals surface area contributed by atoms with Crippen LogP contribution in [-0.4, -0.2) is 65.0 Å². The Morgan fingerprint density at radius 1 is 1.27 bits per heavy atom. The number of carbonyl (C=O) groups is 2. The van der Waals surface area contributed by atoms with Gasteiger partial charge in [-0.05, 0) is 63.3 Å². The number of hydrogen-bond donors (Lipinski definition) is 1. The second-order valence-corrected chi connectivity index (χ2v) is 10.6. The number of amides is 2. The third kappa shape index (κ3) is 5.74. The molecule has 33 heavy (non-hydrogen) atoms. The number of nitrogens with one attached hydrogen (secondary N) is 1. The third-order valence-electron chi connectivity index (χ3n) is 6.42. The lowest BCUT2D eigenvalue weighted by molar-refractivity contribution is -0.151. The SMILES string of the molecule is Cc1ncc(C(=O)Nc2cc(Cl)cc(CN3CCN(C(=O)[C@H]4CCCCO4)[C@@H](C)C3)c2C)s1. The van der Waals surface area contributed by atoms with Gasteiger partial charge in [-0.1, -0.05) is 11.6 Å². The Morgan fingerprint density at radius 3 is 2.76 bits per heavy atom. The van der Waals surface area contributed by atoms with Gasteiger partial charge in [0, 0.05) is 49.5 Å². The van der Waals surface area contributed by atoms with Crippen LogP contribution in [0.3, 0.4) is 0 Å². The van der Waals surface area contributed by atoms with Crippen LogP contribution in [0.2, 0.25) is 5.02 Å². The number of carbonyl (C=O) groups excluding carboxylic acids is 2. The van der Waals surface area contributed by atoms with Crippen molar-refractivity contribution in [2.24, 2.45) is 0 Å². The monoisotopic (exact) mass is 490 g/mol. The predicted octanol–water partition coefficient (Wildman–Crippen LogP) is 4.27. The molecule has 2 aliphatic rings. The Hall–Kier alpha value is -2.00. The molecule has 3 heterocycles. The summed E-state index contributed by atoms with van der Waals surface area (Å²) in [6.45, 7) is 9.63. The van der Waals surface area contributed by atoms with E-state index in [2.05, 4.69) is 22.1 Å². The topological polar surface area (TPSA) is 74.8 Å². The minimum atomic E-state index is -0.281. The van der Waals surface area contributed by atoms with Crippen LogP contribution >= 0.6 is 22.9 Å². The van der Waals surface area contributed by atoms with Crippen LogP contribution in [-0.2, 0) is 16.1 Å². The summed E-state index contributed by atoms with van der Waals surface area (Å²) >= 11 is 7.77. The van der Waals surface area contributed by atoms with Crippen molar-refractivity contribution in [3.8, 4) is 0 Å². The lowest BCUT2D eigenvalue weighted by atomic mass is 10.0. The number of nitrogens with zero attached hydrogens (tertiary/aromatic N) is 3. The lowest BCUT2D eigenvalue weighted by Crippen LogP contribution is -2.56. The molecule has 0 radical (unpaired) electrons. The first kappa shape index (κ1) is 24.1. The highest BCUT2D eigenvalue weighted by Gasteiger charge is 2.33. The van der Waals surface area contributed by atoms with Crippen molar-refractivity contribution in [3.63, 3.8) is 0 Å². The zero-order valence-electron chi connectivity index (χ0n) is 19.4. The van der Waals surface area contributed by atoms with E-state index in [1.165, 1.54) is 11.3 Å². The molecule has 9 heteroatoms. The van der Waals surface area contributed by atoms with Crippen LogP contribution in [0.25, 0.3) is 0 Å². The summed E-state index contributed by atoms with van der Waals surface area (Å²) in [6, 6.07) is 3.86. The number of piperazine rings is 1. The molecule has 0 spiro atoms. The normalized spacial score (nSPS) is 21.8. The van der Waals surface area contributed by atoms with Crippen molar-refractivity contribution in [3.05, 3.63) is 44.4 Å². The molecule has 0 aliphatic carbocycles. The van der Waals surface area contributed by atoms with Crippen molar-refractivity contribution in [1.29, 1.82) is 0 Å². The fraction of sp³-hybridized carbons (Fsp3) is 0.542. The number of aromatic nitrogens is 1. The number of benzene rings is 1. The summed E-state index contributed by atoms with van der Waals surface area (Å²) < 4.78 is 5.71. The Balaban J connectivity index is 1.41. The van der Waals surface area contributed by atoms with Crippen LogP contribution in [0.1, 0.15) is 52.0 Å². The van der Waals surface area contributed by atoms with Crippen LogP contribution in [0.5, 0.6) is 0 Å². The standard InChI is InChI=1S/C24H31ClN4O3S/c1-15-13-28(7-8-29(15)24(31)21-6-4-5-9-32-21)14-18-10-19(25)11-20(16(18)2)27-23(30)22-12-26-17(3)33-22/h10-12,15,21H,4-9,13-14H2,1-3H3,(H,27,30)/t15-,21+/m0/s1. The molecule has 1 aromatic carbocycles. The molecular weight excluding hydrogens is 460 g/mol. The van der Waals surface area contributed by atoms with Crippen LogP contribution < -0.4 is 5.32 Å².